The van der Waals surface area contributed by atoms with Gasteiger partial charge in [0.1, 0.15) is 34.6 Å². The first-order valence-corrected chi connectivity index (χ1v) is 12.7. The Morgan fingerprint density at radius 1 is 0.667 bits per heavy atom. The van der Waals surface area contributed by atoms with E-state index in [2.05, 4.69) is 23.5 Å². The van der Waals surface area contributed by atoms with Gasteiger partial charge in [0.15, 0.2) is 17.5 Å². The van der Waals surface area contributed by atoms with E-state index in [9.17, 15) is 39.5 Å². The summed E-state index contributed by atoms with van der Waals surface area (Å²) in [6.45, 7) is 2.06. The van der Waals surface area contributed by atoms with Gasteiger partial charge >= 0.3 is 6.11 Å². The van der Waals surface area contributed by atoms with Gasteiger partial charge in [0.05, 0.1) is 5.56 Å². The summed E-state index contributed by atoms with van der Waals surface area (Å²) in [5.41, 5.74) is -1.33. The molecule has 0 aromatic heterocycles. The van der Waals surface area contributed by atoms with Gasteiger partial charge in [-0.3, -0.25) is 0 Å². The van der Waals surface area contributed by atoms with Crippen molar-refractivity contribution in [2.75, 3.05) is 0 Å². The standard InChI is InChI=1S/C32H21F9O/c1-2-3-4-5-18-7-11-23(25(34)12-18)21-10-9-20(24(33)15-21)8-6-19-13-26(35)30(27(36)14-19)32(40,41)42-22-16-28(37)31(39)29(38)17-22/h7,9-17H,2-5H2,1H3. The van der Waals surface area contributed by atoms with Crippen molar-refractivity contribution in [3.63, 3.8) is 0 Å². The summed E-state index contributed by atoms with van der Waals surface area (Å²) in [7, 11) is 0. The lowest BCUT2D eigenvalue weighted by Crippen LogP contribution is -2.25. The van der Waals surface area contributed by atoms with E-state index in [4.69, 9.17) is 0 Å². The Labute approximate surface area is 235 Å². The maximum atomic E-state index is 14.8. The molecule has 0 aliphatic carbocycles. The molecule has 0 unspecified atom stereocenters. The molecule has 0 heterocycles. The summed E-state index contributed by atoms with van der Waals surface area (Å²) in [6, 6.07) is 9.41. The van der Waals surface area contributed by atoms with Crippen molar-refractivity contribution in [2.24, 2.45) is 0 Å². The number of benzene rings is 4. The van der Waals surface area contributed by atoms with Gasteiger partial charge in [-0.05, 0) is 54.3 Å². The molecular weight excluding hydrogens is 571 g/mol. The highest BCUT2D eigenvalue weighted by atomic mass is 19.3. The average molecular weight is 593 g/mol. The molecule has 0 fully saturated rings. The van der Waals surface area contributed by atoms with E-state index in [1.54, 1.807) is 12.1 Å². The van der Waals surface area contributed by atoms with Crippen LogP contribution in [0.4, 0.5) is 39.5 Å². The topological polar surface area (TPSA) is 9.23 Å². The minimum atomic E-state index is -4.76. The molecule has 0 bridgehead atoms. The monoisotopic (exact) mass is 592 g/mol. The summed E-state index contributed by atoms with van der Waals surface area (Å²) < 4.78 is 131. The van der Waals surface area contributed by atoms with Gasteiger partial charge in [0.2, 0.25) is 0 Å². The molecule has 0 aliphatic rings. The zero-order chi connectivity index (χ0) is 30.6. The summed E-state index contributed by atoms with van der Waals surface area (Å²) in [4.78, 5) is 0. The lowest BCUT2D eigenvalue weighted by molar-refractivity contribution is -0.189. The highest BCUT2D eigenvalue weighted by Gasteiger charge is 2.41. The van der Waals surface area contributed by atoms with E-state index >= 15 is 0 Å². The van der Waals surface area contributed by atoms with Crippen molar-refractivity contribution >= 4 is 0 Å². The molecular formula is C32H21F9O. The molecule has 0 amide bonds. The fourth-order valence-corrected chi connectivity index (χ4v) is 4.16. The molecule has 0 saturated heterocycles. The second-order valence-corrected chi connectivity index (χ2v) is 9.35. The number of hydrogen-bond acceptors (Lipinski definition) is 1. The lowest BCUT2D eigenvalue weighted by Gasteiger charge is -2.19. The predicted molar refractivity (Wildman–Crippen MR) is 138 cm³/mol. The molecule has 42 heavy (non-hydrogen) atoms. The first kappa shape index (κ1) is 30.6. The van der Waals surface area contributed by atoms with Crippen LogP contribution in [0.3, 0.4) is 0 Å². The third-order valence-electron chi connectivity index (χ3n) is 6.26. The van der Waals surface area contributed by atoms with Crippen molar-refractivity contribution in [2.45, 2.75) is 38.7 Å². The second-order valence-electron chi connectivity index (χ2n) is 9.35. The van der Waals surface area contributed by atoms with E-state index in [0.29, 0.717) is 12.1 Å². The van der Waals surface area contributed by atoms with Crippen molar-refractivity contribution < 1.29 is 44.3 Å². The highest BCUT2D eigenvalue weighted by molar-refractivity contribution is 5.66. The Kier molecular flexibility index (Phi) is 9.20. The zero-order valence-corrected chi connectivity index (χ0v) is 21.9. The van der Waals surface area contributed by atoms with Crippen LogP contribution in [0, 0.1) is 52.6 Å². The number of aryl methyl sites for hydroxylation is 1. The fourth-order valence-electron chi connectivity index (χ4n) is 4.16. The summed E-state index contributed by atoms with van der Waals surface area (Å²) in [5, 5.41) is 0. The molecule has 1 nitrogen and oxygen atoms in total. The quantitative estimate of drug-likeness (QED) is 0.0857. The van der Waals surface area contributed by atoms with Crippen LogP contribution in [0.25, 0.3) is 11.1 Å². The van der Waals surface area contributed by atoms with Crippen LogP contribution in [0.5, 0.6) is 5.75 Å². The minimum absolute atomic E-state index is 0.0832. The van der Waals surface area contributed by atoms with Crippen molar-refractivity contribution in [1.82, 2.24) is 0 Å². The van der Waals surface area contributed by atoms with Crippen molar-refractivity contribution in [1.29, 1.82) is 0 Å². The third kappa shape index (κ3) is 6.90. The van der Waals surface area contributed by atoms with Gasteiger partial charge in [-0.25, -0.2) is 30.7 Å². The highest BCUT2D eigenvalue weighted by Crippen LogP contribution is 2.36. The van der Waals surface area contributed by atoms with Gasteiger partial charge in [0, 0.05) is 23.3 Å². The number of unbranched alkanes of at least 4 members (excludes halogenated alkanes) is 2. The first-order chi connectivity index (χ1) is 19.9. The number of hydrogen-bond donors (Lipinski definition) is 0. The summed E-state index contributed by atoms with van der Waals surface area (Å²) >= 11 is 0. The molecule has 0 spiro atoms. The summed E-state index contributed by atoms with van der Waals surface area (Å²) in [6.07, 6.45) is -1.08. The van der Waals surface area contributed by atoms with Crippen LogP contribution in [0.15, 0.2) is 60.7 Å². The first-order valence-electron chi connectivity index (χ1n) is 12.7. The van der Waals surface area contributed by atoms with Crippen molar-refractivity contribution in [3.05, 3.63) is 124 Å². The van der Waals surface area contributed by atoms with Gasteiger partial charge < -0.3 is 4.74 Å². The van der Waals surface area contributed by atoms with Crippen LogP contribution in [-0.4, -0.2) is 0 Å². The van der Waals surface area contributed by atoms with E-state index < -0.39 is 63.7 Å². The molecule has 4 rings (SSSR count). The summed E-state index contributed by atoms with van der Waals surface area (Å²) in [5.74, 6) is -7.30. The van der Waals surface area contributed by atoms with Crippen LogP contribution >= 0.6 is 0 Å². The molecule has 0 atom stereocenters. The van der Waals surface area contributed by atoms with Gasteiger partial charge in [-0.15, -0.1) is 0 Å². The van der Waals surface area contributed by atoms with E-state index in [1.165, 1.54) is 18.2 Å². The molecule has 4 aromatic rings. The molecule has 0 radical (unpaired) electrons. The number of rotatable bonds is 8. The SMILES string of the molecule is CCCCCc1ccc(-c2ccc(C#Cc3cc(F)c(C(F)(F)Oc4cc(F)c(F)c(F)c4)c(F)c3)c(F)c2)c(F)c1. The minimum Gasteiger partial charge on any atom is -0.429 e. The Hall–Kier alpha value is -4.39. The third-order valence-corrected chi connectivity index (χ3v) is 6.26. The molecule has 218 valence electrons. The average Bonchev–Trinajstić information content (AvgIpc) is 2.90. The normalized spacial score (nSPS) is 11.3. The second kappa shape index (κ2) is 12.6. The number of alkyl halides is 2. The lowest BCUT2D eigenvalue weighted by atomic mass is 9.99. The molecule has 0 saturated carbocycles. The molecule has 0 N–H and O–H groups in total. The van der Waals surface area contributed by atoms with Gasteiger partial charge in [0.25, 0.3) is 0 Å². The number of halogens is 9. The maximum Gasteiger partial charge on any atom is 0.432 e. The van der Waals surface area contributed by atoms with Crippen LogP contribution in [-0.2, 0) is 12.5 Å². The largest absolute Gasteiger partial charge is 0.432 e. The fraction of sp³-hybridized carbons (Fsp3) is 0.188. The van der Waals surface area contributed by atoms with E-state index in [0.717, 1.165) is 37.3 Å². The van der Waals surface area contributed by atoms with E-state index in [-0.39, 0.29) is 28.8 Å². The smallest absolute Gasteiger partial charge is 0.429 e. The Bertz CT molecular complexity index is 1640. The zero-order valence-electron chi connectivity index (χ0n) is 21.9. The van der Waals surface area contributed by atoms with Crippen LogP contribution < -0.4 is 4.74 Å². The Morgan fingerprint density at radius 3 is 1.93 bits per heavy atom. The molecule has 4 aromatic carbocycles. The Morgan fingerprint density at radius 2 is 1.33 bits per heavy atom. The van der Waals surface area contributed by atoms with Gasteiger partial charge in [-0.2, -0.15) is 8.78 Å². The van der Waals surface area contributed by atoms with Crippen LogP contribution in [0.1, 0.15) is 48.4 Å². The molecule has 0 aliphatic heterocycles. The van der Waals surface area contributed by atoms with Crippen molar-refractivity contribution in [3.8, 4) is 28.7 Å². The predicted octanol–water partition coefficient (Wildman–Crippen LogP) is 9.59. The number of ether oxygens (including phenoxy) is 1. The van der Waals surface area contributed by atoms with E-state index in [1.807, 2.05) is 0 Å². The van der Waals surface area contributed by atoms with Gasteiger partial charge in [-0.1, -0.05) is 49.8 Å². The maximum absolute atomic E-state index is 14.8. The molecule has 10 heteroatoms. The Balaban J connectivity index is 1.55. The van der Waals surface area contributed by atoms with Crippen LogP contribution in [0.2, 0.25) is 0 Å².